The molecule has 2 N–H and O–H groups in total. The van der Waals surface area contributed by atoms with E-state index in [1.807, 2.05) is 37.3 Å². The molecule has 4 nitrogen and oxygen atoms in total. The van der Waals surface area contributed by atoms with Crippen LogP contribution in [0.2, 0.25) is 0 Å². The Balaban J connectivity index is 2.02. The Morgan fingerprint density at radius 3 is 2.85 bits per heavy atom. The van der Waals surface area contributed by atoms with Crippen molar-refractivity contribution in [1.82, 2.24) is 4.98 Å². The van der Waals surface area contributed by atoms with Gasteiger partial charge >= 0.3 is 0 Å². The number of nitrogens with two attached hydrogens (primary N) is 1. The molecule has 1 aromatic carbocycles. The number of aryl methyl sites for hydroxylation is 1. The first kappa shape index (κ1) is 12.5. The van der Waals surface area contributed by atoms with Crippen LogP contribution in [0.1, 0.15) is 11.3 Å². The highest BCUT2D eigenvalue weighted by molar-refractivity contribution is 5.97. The fourth-order valence-corrected chi connectivity index (χ4v) is 2.43. The molecule has 0 aliphatic rings. The van der Waals surface area contributed by atoms with Gasteiger partial charge in [-0.1, -0.05) is 12.1 Å². The number of anilines is 2. The number of hydrogen-bond acceptors (Lipinski definition) is 4. The number of nitrogens with zero attached hydrogens (tertiary/aromatic N) is 2. The molecule has 0 saturated carbocycles. The zero-order valence-electron chi connectivity index (χ0n) is 11.6. The van der Waals surface area contributed by atoms with E-state index in [-0.39, 0.29) is 0 Å². The van der Waals surface area contributed by atoms with E-state index >= 15 is 0 Å². The summed E-state index contributed by atoms with van der Waals surface area (Å²) in [6, 6.07) is 9.90. The number of hydrogen-bond donors (Lipinski definition) is 1. The summed E-state index contributed by atoms with van der Waals surface area (Å²) in [6.07, 6.45) is 3.52. The van der Waals surface area contributed by atoms with Crippen LogP contribution in [-0.4, -0.2) is 12.0 Å². The minimum atomic E-state index is 0.706. The first-order valence-electron chi connectivity index (χ1n) is 6.54. The summed E-state index contributed by atoms with van der Waals surface area (Å²) in [5.74, 6) is 0.953. The van der Waals surface area contributed by atoms with Gasteiger partial charge in [0.05, 0.1) is 17.5 Å². The predicted octanol–water partition coefficient (Wildman–Crippen LogP) is 3.35. The van der Waals surface area contributed by atoms with Crippen molar-refractivity contribution >= 4 is 22.3 Å². The standard InChI is InChI=1S/C16H17N3O/c1-11-12(7-9-20-11)10-19(2)15-6-8-18-16-13(15)4-3-5-14(16)17/h3-9H,10,17H2,1-2H3. The van der Waals surface area contributed by atoms with Crippen LogP contribution in [0.3, 0.4) is 0 Å². The third-order valence-electron chi connectivity index (χ3n) is 3.56. The molecule has 0 aliphatic heterocycles. The topological polar surface area (TPSA) is 55.3 Å². The number of nitrogen functional groups attached to an aromatic ring is 1. The number of rotatable bonds is 3. The lowest BCUT2D eigenvalue weighted by Gasteiger charge is -2.21. The minimum absolute atomic E-state index is 0.706. The molecule has 0 atom stereocenters. The van der Waals surface area contributed by atoms with Crippen molar-refractivity contribution < 1.29 is 4.42 Å². The van der Waals surface area contributed by atoms with Crippen molar-refractivity contribution in [2.75, 3.05) is 17.7 Å². The lowest BCUT2D eigenvalue weighted by molar-refractivity contribution is 0.529. The zero-order valence-corrected chi connectivity index (χ0v) is 11.6. The fraction of sp³-hybridized carbons (Fsp3) is 0.188. The number of pyridine rings is 1. The molecule has 0 spiro atoms. The van der Waals surface area contributed by atoms with Crippen molar-refractivity contribution in [3.63, 3.8) is 0 Å². The minimum Gasteiger partial charge on any atom is -0.469 e. The lowest BCUT2D eigenvalue weighted by Crippen LogP contribution is -2.17. The van der Waals surface area contributed by atoms with Gasteiger partial charge in [0, 0.05) is 36.4 Å². The third kappa shape index (κ3) is 2.09. The normalized spacial score (nSPS) is 10.9. The molecule has 0 amide bonds. The second-order valence-electron chi connectivity index (χ2n) is 4.93. The molecule has 0 saturated heterocycles. The molecular weight excluding hydrogens is 250 g/mol. The smallest absolute Gasteiger partial charge is 0.105 e. The summed E-state index contributed by atoms with van der Waals surface area (Å²) in [5.41, 5.74) is 9.84. The fourth-order valence-electron chi connectivity index (χ4n) is 2.43. The van der Waals surface area contributed by atoms with E-state index in [4.69, 9.17) is 10.2 Å². The van der Waals surface area contributed by atoms with E-state index in [1.54, 1.807) is 12.5 Å². The molecule has 0 unspecified atom stereocenters. The van der Waals surface area contributed by atoms with E-state index in [0.29, 0.717) is 5.69 Å². The van der Waals surface area contributed by atoms with Gasteiger partial charge in [-0.25, -0.2) is 0 Å². The van der Waals surface area contributed by atoms with Crippen LogP contribution in [-0.2, 0) is 6.54 Å². The quantitative estimate of drug-likeness (QED) is 0.739. The van der Waals surface area contributed by atoms with E-state index in [2.05, 4.69) is 16.9 Å². The monoisotopic (exact) mass is 267 g/mol. The van der Waals surface area contributed by atoms with Crippen LogP contribution in [0.4, 0.5) is 11.4 Å². The van der Waals surface area contributed by atoms with Gasteiger partial charge < -0.3 is 15.1 Å². The van der Waals surface area contributed by atoms with Crippen LogP contribution in [0.5, 0.6) is 0 Å². The molecule has 3 aromatic rings. The molecule has 0 aliphatic carbocycles. The molecule has 20 heavy (non-hydrogen) atoms. The third-order valence-corrected chi connectivity index (χ3v) is 3.56. The molecule has 3 rings (SSSR count). The van der Waals surface area contributed by atoms with E-state index < -0.39 is 0 Å². The van der Waals surface area contributed by atoms with Gasteiger partial charge in [0.25, 0.3) is 0 Å². The molecule has 102 valence electrons. The number of fused-ring (bicyclic) bond motifs is 1. The summed E-state index contributed by atoms with van der Waals surface area (Å²) in [7, 11) is 2.06. The molecular formula is C16H17N3O. The van der Waals surface area contributed by atoms with Gasteiger partial charge in [0.2, 0.25) is 0 Å². The maximum atomic E-state index is 5.99. The average Bonchev–Trinajstić information content (AvgIpc) is 2.84. The summed E-state index contributed by atoms with van der Waals surface area (Å²) in [4.78, 5) is 6.55. The summed E-state index contributed by atoms with van der Waals surface area (Å²) in [5, 5.41) is 1.07. The highest BCUT2D eigenvalue weighted by Crippen LogP contribution is 2.28. The number of furan rings is 1. The Morgan fingerprint density at radius 1 is 1.25 bits per heavy atom. The second kappa shape index (κ2) is 4.89. The number of benzene rings is 1. The number of aromatic nitrogens is 1. The summed E-state index contributed by atoms with van der Waals surface area (Å²) in [6.45, 7) is 2.77. The number of para-hydroxylation sites is 1. The molecule has 4 heteroatoms. The Kier molecular flexibility index (Phi) is 3.06. The van der Waals surface area contributed by atoms with Crippen molar-refractivity contribution in [3.05, 3.63) is 54.1 Å². The Bertz CT molecular complexity index is 748. The lowest BCUT2D eigenvalue weighted by atomic mass is 10.1. The van der Waals surface area contributed by atoms with Crippen molar-refractivity contribution in [2.24, 2.45) is 0 Å². The van der Waals surface area contributed by atoms with Gasteiger partial charge in [0.15, 0.2) is 0 Å². The molecule has 0 radical (unpaired) electrons. The summed E-state index contributed by atoms with van der Waals surface area (Å²) >= 11 is 0. The Hall–Kier alpha value is -2.49. The van der Waals surface area contributed by atoms with Crippen LogP contribution in [0.25, 0.3) is 10.9 Å². The molecule has 2 aromatic heterocycles. The average molecular weight is 267 g/mol. The van der Waals surface area contributed by atoms with E-state index in [1.165, 1.54) is 5.56 Å². The van der Waals surface area contributed by atoms with Gasteiger partial charge in [-0.15, -0.1) is 0 Å². The largest absolute Gasteiger partial charge is 0.469 e. The maximum Gasteiger partial charge on any atom is 0.105 e. The van der Waals surface area contributed by atoms with Crippen LogP contribution >= 0.6 is 0 Å². The van der Waals surface area contributed by atoms with E-state index in [0.717, 1.165) is 28.9 Å². The maximum absolute atomic E-state index is 5.99. The zero-order chi connectivity index (χ0) is 14.1. The molecule has 0 fully saturated rings. The molecule has 0 bridgehead atoms. The second-order valence-corrected chi connectivity index (χ2v) is 4.93. The van der Waals surface area contributed by atoms with Crippen molar-refractivity contribution in [3.8, 4) is 0 Å². The van der Waals surface area contributed by atoms with Crippen molar-refractivity contribution in [1.29, 1.82) is 0 Å². The highest BCUT2D eigenvalue weighted by Gasteiger charge is 2.10. The Morgan fingerprint density at radius 2 is 2.10 bits per heavy atom. The van der Waals surface area contributed by atoms with Gasteiger partial charge in [-0.2, -0.15) is 0 Å². The van der Waals surface area contributed by atoms with Gasteiger partial charge in [-0.3, -0.25) is 4.98 Å². The van der Waals surface area contributed by atoms with Crippen molar-refractivity contribution in [2.45, 2.75) is 13.5 Å². The SMILES string of the molecule is Cc1occc1CN(C)c1ccnc2c(N)cccc12. The van der Waals surface area contributed by atoms with Crippen LogP contribution < -0.4 is 10.6 Å². The van der Waals surface area contributed by atoms with E-state index in [9.17, 15) is 0 Å². The van der Waals surface area contributed by atoms with Crippen LogP contribution in [0.15, 0.2) is 47.2 Å². The van der Waals surface area contributed by atoms with Gasteiger partial charge in [-0.05, 0) is 25.1 Å². The summed E-state index contributed by atoms with van der Waals surface area (Å²) < 4.78 is 5.35. The Labute approximate surface area is 117 Å². The predicted molar refractivity (Wildman–Crippen MR) is 81.7 cm³/mol. The van der Waals surface area contributed by atoms with Crippen LogP contribution in [0, 0.1) is 6.92 Å². The molecule has 2 heterocycles. The first-order valence-corrected chi connectivity index (χ1v) is 6.54. The highest BCUT2D eigenvalue weighted by atomic mass is 16.3. The van der Waals surface area contributed by atoms with Gasteiger partial charge in [0.1, 0.15) is 5.76 Å². The first-order chi connectivity index (χ1) is 9.66.